The van der Waals surface area contributed by atoms with Crippen LogP contribution in [0.3, 0.4) is 0 Å². The standard InChI is InChI=1S/C9H11N3O/c1-6-12-8(4-10)9(13-6)11-5-7-2-3-7/h7,11H,2-3,5H2,1H3. The minimum absolute atomic E-state index is 0.359. The molecule has 1 heterocycles. The van der Waals surface area contributed by atoms with Gasteiger partial charge in [-0.15, -0.1) is 0 Å². The average Bonchev–Trinajstić information content (AvgIpc) is 2.87. The van der Waals surface area contributed by atoms with Gasteiger partial charge in [-0.2, -0.15) is 5.26 Å². The first-order valence-corrected chi connectivity index (χ1v) is 4.41. The van der Waals surface area contributed by atoms with Crippen LogP contribution in [0.5, 0.6) is 0 Å². The summed E-state index contributed by atoms with van der Waals surface area (Å²) in [4.78, 5) is 3.94. The van der Waals surface area contributed by atoms with E-state index < -0.39 is 0 Å². The van der Waals surface area contributed by atoms with Crippen LogP contribution in [0.1, 0.15) is 24.4 Å². The largest absolute Gasteiger partial charge is 0.424 e. The van der Waals surface area contributed by atoms with E-state index in [1.807, 2.05) is 6.07 Å². The normalized spacial score (nSPS) is 15.4. The van der Waals surface area contributed by atoms with E-state index in [2.05, 4.69) is 10.3 Å². The summed E-state index contributed by atoms with van der Waals surface area (Å²) in [5, 5.41) is 11.8. The first kappa shape index (κ1) is 8.11. The van der Waals surface area contributed by atoms with Gasteiger partial charge >= 0.3 is 0 Å². The monoisotopic (exact) mass is 177 g/mol. The first-order valence-electron chi connectivity index (χ1n) is 4.41. The number of anilines is 1. The van der Waals surface area contributed by atoms with Gasteiger partial charge in [-0.05, 0) is 18.8 Å². The molecule has 0 aliphatic heterocycles. The SMILES string of the molecule is Cc1nc(C#N)c(NCC2CC2)o1. The predicted octanol–water partition coefficient (Wildman–Crippen LogP) is 1.68. The highest BCUT2D eigenvalue weighted by Gasteiger charge is 2.22. The number of hydrogen-bond acceptors (Lipinski definition) is 4. The van der Waals surface area contributed by atoms with Crippen LogP contribution < -0.4 is 5.32 Å². The van der Waals surface area contributed by atoms with Gasteiger partial charge in [0, 0.05) is 13.5 Å². The van der Waals surface area contributed by atoms with Crippen molar-refractivity contribution >= 4 is 5.88 Å². The molecule has 0 bridgehead atoms. The lowest BCUT2D eigenvalue weighted by atomic mass is 10.4. The van der Waals surface area contributed by atoms with Gasteiger partial charge in [0.25, 0.3) is 0 Å². The van der Waals surface area contributed by atoms with Crippen molar-refractivity contribution in [3.05, 3.63) is 11.6 Å². The van der Waals surface area contributed by atoms with Crippen molar-refractivity contribution in [3.8, 4) is 6.07 Å². The van der Waals surface area contributed by atoms with Gasteiger partial charge in [-0.25, -0.2) is 4.98 Å². The number of nitrogens with one attached hydrogen (secondary N) is 1. The lowest BCUT2D eigenvalue weighted by Crippen LogP contribution is -2.03. The topological polar surface area (TPSA) is 61.9 Å². The summed E-state index contributed by atoms with van der Waals surface area (Å²) in [7, 11) is 0. The van der Waals surface area contributed by atoms with Gasteiger partial charge in [0.05, 0.1) is 0 Å². The summed E-state index contributed by atoms with van der Waals surface area (Å²) in [6, 6.07) is 1.99. The Balaban J connectivity index is 2.04. The molecule has 0 unspecified atom stereocenters. The molecule has 13 heavy (non-hydrogen) atoms. The molecule has 4 heteroatoms. The highest BCUT2D eigenvalue weighted by Crippen LogP contribution is 2.29. The highest BCUT2D eigenvalue weighted by atomic mass is 16.4. The molecule has 1 aromatic heterocycles. The van der Waals surface area contributed by atoms with Gasteiger partial charge in [0.15, 0.2) is 5.89 Å². The van der Waals surface area contributed by atoms with Crippen molar-refractivity contribution in [1.82, 2.24) is 4.98 Å². The van der Waals surface area contributed by atoms with Crippen LogP contribution in [0.2, 0.25) is 0 Å². The number of oxazole rings is 1. The van der Waals surface area contributed by atoms with Crippen molar-refractivity contribution < 1.29 is 4.42 Å². The highest BCUT2D eigenvalue weighted by molar-refractivity contribution is 5.45. The zero-order chi connectivity index (χ0) is 9.26. The molecule has 0 radical (unpaired) electrons. The lowest BCUT2D eigenvalue weighted by molar-refractivity contribution is 0.531. The third-order valence-electron chi connectivity index (χ3n) is 2.09. The molecule has 1 N–H and O–H groups in total. The Morgan fingerprint density at radius 2 is 2.46 bits per heavy atom. The molecule has 0 atom stereocenters. The Morgan fingerprint density at radius 1 is 1.69 bits per heavy atom. The van der Waals surface area contributed by atoms with E-state index in [1.54, 1.807) is 6.92 Å². The second-order valence-corrected chi connectivity index (χ2v) is 3.35. The van der Waals surface area contributed by atoms with Gasteiger partial charge in [0.1, 0.15) is 6.07 Å². The summed E-state index contributed by atoms with van der Waals surface area (Å²) in [6.07, 6.45) is 2.56. The molecular weight excluding hydrogens is 166 g/mol. The molecule has 0 spiro atoms. The molecule has 1 aliphatic carbocycles. The molecule has 0 saturated heterocycles. The third-order valence-corrected chi connectivity index (χ3v) is 2.09. The minimum atomic E-state index is 0.359. The number of rotatable bonds is 3. The van der Waals surface area contributed by atoms with Crippen LogP contribution in [0.25, 0.3) is 0 Å². The molecule has 0 aromatic carbocycles. The van der Waals surface area contributed by atoms with Gasteiger partial charge in [0.2, 0.25) is 11.6 Å². The zero-order valence-corrected chi connectivity index (χ0v) is 7.50. The van der Waals surface area contributed by atoms with Gasteiger partial charge in [-0.1, -0.05) is 0 Å². The van der Waals surface area contributed by atoms with Crippen LogP contribution in [0, 0.1) is 24.2 Å². The van der Waals surface area contributed by atoms with Crippen molar-refractivity contribution in [1.29, 1.82) is 5.26 Å². The lowest BCUT2D eigenvalue weighted by Gasteiger charge is -1.98. The van der Waals surface area contributed by atoms with Crippen molar-refractivity contribution in [3.63, 3.8) is 0 Å². The molecule has 2 rings (SSSR count). The molecule has 1 aliphatic rings. The number of nitrogens with zero attached hydrogens (tertiary/aromatic N) is 2. The van der Waals surface area contributed by atoms with Crippen LogP contribution in [0.15, 0.2) is 4.42 Å². The predicted molar refractivity (Wildman–Crippen MR) is 47.2 cm³/mol. The Hall–Kier alpha value is -1.50. The number of aryl methyl sites for hydroxylation is 1. The quantitative estimate of drug-likeness (QED) is 0.762. The Kier molecular flexibility index (Phi) is 1.93. The van der Waals surface area contributed by atoms with Crippen LogP contribution in [-0.4, -0.2) is 11.5 Å². The maximum atomic E-state index is 8.70. The number of nitriles is 1. The summed E-state index contributed by atoms with van der Waals surface area (Å²) >= 11 is 0. The second kappa shape index (κ2) is 3.09. The summed E-state index contributed by atoms with van der Waals surface area (Å²) in [6.45, 7) is 2.63. The fraction of sp³-hybridized carbons (Fsp3) is 0.556. The first-order chi connectivity index (χ1) is 6.29. The maximum absolute atomic E-state index is 8.70. The molecule has 68 valence electrons. The molecule has 0 amide bonds. The molecular formula is C9H11N3O. The second-order valence-electron chi connectivity index (χ2n) is 3.35. The summed E-state index contributed by atoms with van der Waals surface area (Å²) in [5.74, 6) is 1.82. The van der Waals surface area contributed by atoms with Gasteiger partial charge < -0.3 is 9.73 Å². The molecule has 1 saturated carbocycles. The van der Waals surface area contributed by atoms with E-state index >= 15 is 0 Å². The summed E-state index contributed by atoms with van der Waals surface area (Å²) < 4.78 is 5.24. The fourth-order valence-corrected chi connectivity index (χ4v) is 1.18. The Labute approximate surface area is 76.6 Å². The van der Waals surface area contributed by atoms with E-state index in [4.69, 9.17) is 9.68 Å². The van der Waals surface area contributed by atoms with Crippen molar-refractivity contribution in [2.75, 3.05) is 11.9 Å². The number of aromatic nitrogens is 1. The smallest absolute Gasteiger partial charge is 0.232 e. The average molecular weight is 177 g/mol. The van der Waals surface area contributed by atoms with E-state index in [0.29, 0.717) is 17.5 Å². The van der Waals surface area contributed by atoms with E-state index in [0.717, 1.165) is 12.5 Å². The molecule has 1 aromatic rings. The third kappa shape index (κ3) is 1.81. The number of hydrogen-bond donors (Lipinski definition) is 1. The van der Waals surface area contributed by atoms with E-state index in [-0.39, 0.29) is 0 Å². The van der Waals surface area contributed by atoms with Gasteiger partial charge in [-0.3, -0.25) is 0 Å². The summed E-state index contributed by atoms with van der Waals surface area (Å²) in [5.41, 5.74) is 0.359. The fourth-order valence-electron chi connectivity index (χ4n) is 1.18. The minimum Gasteiger partial charge on any atom is -0.424 e. The Bertz CT molecular complexity index is 346. The van der Waals surface area contributed by atoms with Crippen molar-refractivity contribution in [2.24, 2.45) is 5.92 Å². The van der Waals surface area contributed by atoms with Crippen LogP contribution >= 0.6 is 0 Å². The zero-order valence-electron chi connectivity index (χ0n) is 7.50. The van der Waals surface area contributed by atoms with E-state index in [9.17, 15) is 0 Å². The molecule has 1 fully saturated rings. The Morgan fingerprint density at radius 3 is 3.08 bits per heavy atom. The maximum Gasteiger partial charge on any atom is 0.232 e. The van der Waals surface area contributed by atoms with Crippen LogP contribution in [-0.2, 0) is 0 Å². The molecule has 4 nitrogen and oxygen atoms in total. The van der Waals surface area contributed by atoms with E-state index in [1.165, 1.54) is 12.8 Å². The van der Waals surface area contributed by atoms with Crippen molar-refractivity contribution in [2.45, 2.75) is 19.8 Å². The van der Waals surface area contributed by atoms with Crippen LogP contribution in [0.4, 0.5) is 5.88 Å².